The van der Waals surface area contributed by atoms with E-state index in [1.165, 1.54) is 0 Å². The van der Waals surface area contributed by atoms with E-state index in [0.29, 0.717) is 13.1 Å². The van der Waals surface area contributed by atoms with E-state index in [4.69, 9.17) is 10.8 Å². The Morgan fingerprint density at radius 3 is 2.78 bits per heavy atom. The van der Waals surface area contributed by atoms with Gasteiger partial charge in [0.15, 0.2) is 0 Å². The first-order chi connectivity index (χ1) is 4.27. The van der Waals surface area contributed by atoms with Crippen molar-refractivity contribution in [3.63, 3.8) is 0 Å². The van der Waals surface area contributed by atoms with Gasteiger partial charge in [-0.2, -0.15) is 0 Å². The van der Waals surface area contributed by atoms with Crippen molar-refractivity contribution in [3.05, 3.63) is 0 Å². The summed E-state index contributed by atoms with van der Waals surface area (Å²) >= 11 is 0. The van der Waals surface area contributed by atoms with Gasteiger partial charge in [-0.05, 0) is 26.4 Å². The molecule has 0 radical (unpaired) electrons. The SMILES string of the molecule is C[C@@H](O)CNCCCN. The van der Waals surface area contributed by atoms with Gasteiger partial charge in [0, 0.05) is 6.54 Å². The number of rotatable bonds is 5. The van der Waals surface area contributed by atoms with Gasteiger partial charge in [-0.15, -0.1) is 0 Å². The third-order valence-electron chi connectivity index (χ3n) is 0.997. The van der Waals surface area contributed by atoms with Crippen LogP contribution in [-0.4, -0.2) is 30.8 Å². The molecule has 3 nitrogen and oxygen atoms in total. The molecule has 0 unspecified atom stereocenters. The lowest BCUT2D eigenvalue weighted by molar-refractivity contribution is 0.191. The third-order valence-corrected chi connectivity index (χ3v) is 0.997. The Kier molecular flexibility index (Phi) is 5.93. The van der Waals surface area contributed by atoms with Crippen LogP contribution in [0.2, 0.25) is 0 Å². The highest BCUT2D eigenvalue weighted by Gasteiger charge is 1.91. The molecule has 0 saturated carbocycles. The summed E-state index contributed by atoms with van der Waals surface area (Å²) in [5, 5.41) is 11.8. The van der Waals surface area contributed by atoms with Crippen LogP contribution in [0.15, 0.2) is 0 Å². The molecule has 0 aromatic carbocycles. The maximum Gasteiger partial charge on any atom is 0.0636 e. The monoisotopic (exact) mass is 132 g/mol. The van der Waals surface area contributed by atoms with Crippen LogP contribution in [0.1, 0.15) is 13.3 Å². The van der Waals surface area contributed by atoms with Crippen LogP contribution in [0.4, 0.5) is 0 Å². The van der Waals surface area contributed by atoms with Gasteiger partial charge >= 0.3 is 0 Å². The maximum atomic E-state index is 8.76. The molecule has 0 aliphatic rings. The summed E-state index contributed by atoms with van der Waals surface area (Å²) in [6.07, 6.45) is 0.731. The molecule has 0 amide bonds. The van der Waals surface area contributed by atoms with E-state index in [1.807, 2.05) is 0 Å². The van der Waals surface area contributed by atoms with Crippen molar-refractivity contribution < 1.29 is 5.11 Å². The molecule has 9 heavy (non-hydrogen) atoms. The summed E-state index contributed by atoms with van der Waals surface area (Å²) in [6.45, 7) is 4.05. The Morgan fingerprint density at radius 1 is 1.67 bits per heavy atom. The van der Waals surface area contributed by atoms with Crippen molar-refractivity contribution in [1.29, 1.82) is 0 Å². The van der Waals surface area contributed by atoms with Crippen molar-refractivity contribution in [3.8, 4) is 0 Å². The van der Waals surface area contributed by atoms with Crippen LogP contribution in [0.3, 0.4) is 0 Å². The lowest BCUT2D eigenvalue weighted by Gasteiger charge is -2.04. The standard InChI is InChI=1S/C6H16N2O/c1-6(9)5-8-4-2-3-7/h6,8-9H,2-5,7H2,1H3/t6-/m1/s1. The predicted molar refractivity (Wildman–Crippen MR) is 38.2 cm³/mol. The van der Waals surface area contributed by atoms with Crippen molar-refractivity contribution in [2.45, 2.75) is 19.4 Å². The number of hydrogen-bond donors (Lipinski definition) is 3. The number of nitrogens with two attached hydrogens (primary N) is 1. The molecule has 0 heterocycles. The molecule has 56 valence electrons. The smallest absolute Gasteiger partial charge is 0.0636 e. The van der Waals surface area contributed by atoms with E-state index in [0.717, 1.165) is 13.0 Å². The van der Waals surface area contributed by atoms with Crippen LogP contribution in [-0.2, 0) is 0 Å². The van der Waals surface area contributed by atoms with E-state index >= 15 is 0 Å². The molecule has 0 fully saturated rings. The molecule has 1 atom stereocenters. The van der Waals surface area contributed by atoms with Crippen LogP contribution in [0.5, 0.6) is 0 Å². The average Bonchev–Trinajstić information content (AvgIpc) is 1.80. The van der Waals surface area contributed by atoms with E-state index in [-0.39, 0.29) is 6.10 Å². The first kappa shape index (κ1) is 8.88. The van der Waals surface area contributed by atoms with Gasteiger partial charge in [0.2, 0.25) is 0 Å². The number of hydrogen-bond acceptors (Lipinski definition) is 3. The van der Waals surface area contributed by atoms with Gasteiger partial charge in [0.25, 0.3) is 0 Å². The van der Waals surface area contributed by atoms with Crippen molar-refractivity contribution >= 4 is 0 Å². The Morgan fingerprint density at radius 2 is 2.33 bits per heavy atom. The summed E-state index contributed by atoms with van der Waals surface area (Å²) < 4.78 is 0. The van der Waals surface area contributed by atoms with Gasteiger partial charge in [-0.3, -0.25) is 0 Å². The molecular formula is C6H16N2O. The van der Waals surface area contributed by atoms with Gasteiger partial charge < -0.3 is 16.2 Å². The molecule has 0 aromatic heterocycles. The summed E-state index contributed by atoms with van der Waals surface area (Å²) in [4.78, 5) is 0. The number of aliphatic hydroxyl groups excluding tert-OH is 1. The van der Waals surface area contributed by atoms with Crippen LogP contribution >= 0.6 is 0 Å². The molecule has 0 bridgehead atoms. The molecule has 0 aliphatic heterocycles. The minimum atomic E-state index is -0.247. The maximum absolute atomic E-state index is 8.76. The molecule has 0 saturated heterocycles. The van der Waals surface area contributed by atoms with Gasteiger partial charge in [0.05, 0.1) is 6.10 Å². The fourth-order valence-corrected chi connectivity index (χ4v) is 0.538. The summed E-state index contributed by atoms with van der Waals surface area (Å²) in [6, 6.07) is 0. The highest BCUT2D eigenvalue weighted by atomic mass is 16.3. The fraction of sp³-hybridized carbons (Fsp3) is 1.00. The van der Waals surface area contributed by atoms with Gasteiger partial charge in [-0.25, -0.2) is 0 Å². The Hall–Kier alpha value is -0.120. The average molecular weight is 132 g/mol. The van der Waals surface area contributed by atoms with E-state index in [9.17, 15) is 0 Å². The van der Waals surface area contributed by atoms with Crippen molar-refractivity contribution in [2.75, 3.05) is 19.6 Å². The van der Waals surface area contributed by atoms with E-state index < -0.39 is 0 Å². The van der Waals surface area contributed by atoms with Crippen LogP contribution < -0.4 is 11.1 Å². The van der Waals surface area contributed by atoms with Crippen molar-refractivity contribution in [2.24, 2.45) is 5.73 Å². The van der Waals surface area contributed by atoms with Crippen LogP contribution in [0.25, 0.3) is 0 Å². The molecule has 0 spiro atoms. The Balaban J connectivity index is 2.75. The second-order valence-corrected chi connectivity index (χ2v) is 2.20. The lowest BCUT2D eigenvalue weighted by Crippen LogP contribution is -2.26. The lowest BCUT2D eigenvalue weighted by atomic mass is 10.4. The minimum Gasteiger partial charge on any atom is -0.392 e. The fourth-order valence-electron chi connectivity index (χ4n) is 0.538. The van der Waals surface area contributed by atoms with Gasteiger partial charge in [-0.1, -0.05) is 0 Å². The highest BCUT2D eigenvalue weighted by molar-refractivity contribution is 4.52. The molecule has 0 aromatic rings. The second-order valence-electron chi connectivity index (χ2n) is 2.20. The highest BCUT2D eigenvalue weighted by Crippen LogP contribution is 1.75. The molecular weight excluding hydrogens is 116 g/mol. The molecule has 0 aliphatic carbocycles. The summed E-state index contributed by atoms with van der Waals surface area (Å²) in [5.41, 5.74) is 5.24. The zero-order chi connectivity index (χ0) is 7.11. The normalized spacial score (nSPS) is 13.7. The van der Waals surface area contributed by atoms with E-state index in [1.54, 1.807) is 6.92 Å². The Bertz CT molecular complexity index is 57.0. The number of aliphatic hydroxyl groups is 1. The zero-order valence-corrected chi connectivity index (χ0v) is 5.93. The van der Waals surface area contributed by atoms with E-state index in [2.05, 4.69) is 5.32 Å². The molecule has 4 N–H and O–H groups in total. The predicted octanol–water partition coefficient (Wildman–Crippen LogP) is -0.694. The number of nitrogens with one attached hydrogen (secondary N) is 1. The quantitative estimate of drug-likeness (QED) is 0.434. The first-order valence-corrected chi connectivity index (χ1v) is 3.36. The summed E-state index contributed by atoms with van der Waals surface area (Å²) in [7, 11) is 0. The second kappa shape index (κ2) is 6.01. The summed E-state index contributed by atoms with van der Waals surface area (Å²) in [5.74, 6) is 0. The third kappa shape index (κ3) is 7.88. The molecule has 0 rings (SSSR count). The largest absolute Gasteiger partial charge is 0.392 e. The first-order valence-electron chi connectivity index (χ1n) is 3.36. The van der Waals surface area contributed by atoms with Gasteiger partial charge in [0.1, 0.15) is 0 Å². The molecule has 3 heteroatoms. The zero-order valence-electron chi connectivity index (χ0n) is 5.93. The van der Waals surface area contributed by atoms with Crippen LogP contribution in [0, 0.1) is 0 Å². The topological polar surface area (TPSA) is 58.3 Å². The Labute approximate surface area is 56.2 Å². The minimum absolute atomic E-state index is 0.247. The van der Waals surface area contributed by atoms with Crippen molar-refractivity contribution in [1.82, 2.24) is 5.32 Å².